The van der Waals surface area contributed by atoms with Crippen molar-refractivity contribution < 1.29 is 14.3 Å². The van der Waals surface area contributed by atoms with Gasteiger partial charge in [-0.2, -0.15) is 5.10 Å². The predicted molar refractivity (Wildman–Crippen MR) is 87.5 cm³/mol. The van der Waals surface area contributed by atoms with Gasteiger partial charge < -0.3 is 5.11 Å². The van der Waals surface area contributed by atoms with Crippen molar-refractivity contribution in [2.75, 3.05) is 0 Å². The fraction of sp³-hybridized carbons (Fsp3) is 0.235. The fourth-order valence-corrected chi connectivity index (χ4v) is 3.17. The van der Waals surface area contributed by atoms with Crippen LogP contribution in [0.4, 0.5) is 4.39 Å². The highest BCUT2D eigenvalue weighted by molar-refractivity contribution is 6.31. The summed E-state index contributed by atoms with van der Waals surface area (Å²) in [5.74, 6) is -1.68. The van der Waals surface area contributed by atoms with Crippen LogP contribution in [0, 0.1) is 12.7 Å². The molecule has 3 aromatic rings. The molecule has 1 aliphatic rings. The number of aromatic nitrogens is 3. The number of aromatic carboxylic acids is 1. The van der Waals surface area contributed by atoms with Crippen molar-refractivity contribution in [3.05, 3.63) is 52.2 Å². The standard InChI is InChI=1S/C17H13ClFN3O2/c1-8-11-5-12(17(23)24)14(19)6-15(11)22(21-8)10-4-13(18)16(20-7-10)9-2-3-9/h4-7,9H,2-3H2,1H3,(H,23,24). The lowest BCUT2D eigenvalue weighted by Gasteiger charge is -2.07. The number of carbonyl (C=O) groups is 1. The van der Waals surface area contributed by atoms with E-state index in [1.54, 1.807) is 19.2 Å². The smallest absolute Gasteiger partial charge is 0.338 e. The molecule has 0 amide bonds. The quantitative estimate of drug-likeness (QED) is 0.776. The first kappa shape index (κ1) is 15.1. The Labute approximate surface area is 141 Å². The third-order valence-electron chi connectivity index (χ3n) is 4.25. The van der Waals surface area contributed by atoms with Gasteiger partial charge in [0.25, 0.3) is 0 Å². The first-order chi connectivity index (χ1) is 11.5. The van der Waals surface area contributed by atoms with Crippen LogP contribution in [0.1, 0.15) is 40.5 Å². The van der Waals surface area contributed by atoms with E-state index in [4.69, 9.17) is 16.7 Å². The Bertz CT molecular complexity index is 995. The molecule has 24 heavy (non-hydrogen) atoms. The largest absolute Gasteiger partial charge is 0.478 e. The van der Waals surface area contributed by atoms with Gasteiger partial charge in [-0.05, 0) is 31.9 Å². The average Bonchev–Trinajstić information content (AvgIpc) is 3.31. The normalized spacial score (nSPS) is 14.3. The maximum absolute atomic E-state index is 14.1. The number of benzene rings is 1. The lowest BCUT2D eigenvalue weighted by Crippen LogP contribution is -2.02. The predicted octanol–water partition coefficient (Wildman–Crippen LogP) is 4.10. The van der Waals surface area contributed by atoms with E-state index in [1.807, 2.05) is 0 Å². The number of carboxylic acid groups (broad SMARTS) is 1. The number of nitrogens with zero attached hydrogens (tertiary/aromatic N) is 3. The highest BCUT2D eigenvalue weighted by atomic mass is 35.5. The molecule has 1 saturated carbocycles. The Morgan fingerprint density at radius 1 is 1.38 bits per heavy atom. The first-order valence-corrected chi connectivity index (χ1v) is 7.91. The third kappa shape index (κ3) is 2.34. The second kappa shape index (κ2) is 5.27. The maximum atomic E-state index is 14.1. The van der Waals surface area contributed by atoms with Crippen molar-refractivity contribution in [2.24, 2.45) is 0 Å². The molecule has 1 aliphatic carbocycles. The van der Waals surface area contributed by atoms with Crippen molar-refractivity contribution >= 4 is 28.5 Å². The molecule has 0 radical (unpaired) electrons. The topological polar surface area (TPSA) is 68.0 Å². The minimum Gasteiger partial charge on any atom is -0.478 e. The van der Waals surface area contributed by atoms with Gasteiger partial charge in [0.1, 0.15) is 5.82 Å². The molecule has 1 fully saturated rings. The number of hydrogen-bond donors (Lipinski definition) is 1. The van der Waals surface area contributed by atoms with E-state index < -0.39 is 11.8 Å². The Morgan fingerprint density at radius 3 is 2.75 bits per heavy atom. The summed E-state index contributed by atoms with van der Waals surface area (Å²) >= 11 is 6.31. The van der Waals surface area contributed by atoms with Gasteiger partial charge in [0, 0.05) is 17.4 Å². The van der Waals surface area contributed by atoms with Crippen molar-refractivity contribution in [2.45, 2.75) is 25.7 Å². The van der Waals surface area contributed by atoms with Crippen molar-refractivity contribution in [1.29, 1.82) is 0 Å². The molecule has 2 heterocycles. The van der Waals surface area contributed by atoms with Gasteiger partial charge >= 0.3 is 5.97 Å². The van der Waals surface area contributed by atoms with Gasteiger partial charge in [-0.15, -0.1) is 0 Å². The Hall–Kier alpha value is -2.47. The van der Waals surface area contributed by atoms with Crippen LogP contribution in [0.5, 0.6) is 0 Å². The molecule has 0 unspecified atom stereocenters. The van der Waals surface area contributed by atoms with E-state index in [9.17, 15) is 9.18 Å². The number of pyridine rings is 1. The Balaban J connectivity index is 1.89. The van der Waals surface area contributed by atoms with Crippen LogP contribution in [0.2, 0.25) is 5.02 Å². The van der Waals surface area contributed by atoms with E-state index in [0.29, 0.717) is 33.2 Å². The molecule has 5 nitrogen and oxygen atoms in total. The van der Waals surface area contributed by atoms with Gasteiger partial charge in [0.05, 0.1) is 39.4 Å². The van der Waals surface area contributed by atoms with Crippen LogP contribution < -0.4 is 0 Å². The van der Waals surface area contributed by atoms with Crippen LogP contribution in [0.15, 0.2) is 24.4 Å². The highest BCUT2D eigenvalue weighted by Crippen LogP contribution is 2.42. The van der Waals surface area contributed by atoms with Gasteiger partial charge in [-0.25, -0.2) is 13.9 Å². The number of hydrogen-bond acceptors (Lipinski definition) is 3. The Kier molecular flexibility index (Phi) is 3.31. The van der Waals surface area contributed by atoms with Crippen LogP contribution >= 0.6 is 11.6 Å². The van der Waals surface area contributed by atoms with Gasteiger partial charge in [0.2, 0.25) is 0 Å². The summed E-state index contributed by atoms with van der Waals surface area (Å²) in [5, 5.41) is 14.6. The van der Waals surface area contributed by atoms with Crippen LogP contribution in [0.3, 0.4) is 0 Å². The average molecular weight is 346 g/mol. The zero-order chi connectivity index (χ0) is 17.0. The second-order valence-electron chi connectivity index (χ2n) is 5.99. The summed E-state index contributed by atoms with van der Waals surface area (Å²) < 4.78 is 15.6. The summed E-state index contributed by atoms with van der Waals surface area (Å²) in [4.78, 5) is 15.5. The molecule has 0 spiro atoms. The molecular weight excluding hydrogens is 333 g/mol. The minimum atomic E-state index is -1.31. The zero-order valence-electron chi connectivity index (χ0n) is 12.8. The number of aryl methyl sites for hydroxylation is 1. The van der Waals surface area contributed by atoms with Gasteiger partial charge in [-0.1, -0.05) is 11.6 Å². The molecule has 0 bridgehead atoms. The van der Waals surface area contributed by atoms with Crippen molar-refractivity contribution in [3.63, 3.8) is 0 Å². The summed E-state index contributed by atoms with van der Waals surface area (Å²) in [6, 6.07) is 4.25. The van der Waals surface area contributed by atoms with E-state index in [0.717, 1.165) is 18.5 Å². The number of halogens is 2. The van der Waals surface area contributed by atoms with Crippen molar-refractivity contribution in [1.82, 2.24) is 14.8 Å². The molecule has 0 saturated heterocycles. The van der Waals surface area contributed by atoms with Crippen LogP contribution in [-0.2, 0) is 0 Å². The van der Waals surface area contributed by atoms with Crippen molar-refractivity contribution in [3.8, 4) is 5.69 Å². The van der Waals surface area contributed by atoms with E-state index in [1.165, 1.54) is 16.8 Å². The molecule has 0 atom stereocenters. The lowest BCUT2D eigenvalue weighted by atomic mass is 10.1. The molecule has 1 N–H and O–H groups in total. The SMILES string of the molecule is Cc1nn(-c2cnc(C3CC3)c(Cl)c2)c2cc(F)c(C(=O)O)cc12. The number of fused-ring (bicyclic) bond motifs is 1. The second-order valence-corrected chi connectivity index (χ2v) is 6.39. The maximum Gasteiger partial charge on any atom is 0.338 e. The van der Waals surface area contributed by atoms with Crippen LogP contribution in [-0.4, -0.2) is 25.8 Å². The highest BCUT2D eigenvalue weighted by Gasteiger charge is 2.27. The Morgan fingerprint density at radius 2 is 2.12 bits per heavy atom. The minimum absolute atomic E-state index is 0.370. The number of carboxylic acids is 1. The summed E-state index contributed by atoms with van der Waals surface area (Å²) in [6.45, 7) is 1.75. The first-order valence-electron chi connectivity index (χ1n) is 7.53. The third-order valence-corrected chi connectivity index (χ3v) is 4.55. The molecule has 4 rings (SSSR count). The lowest BCUT2D eigenvalue weighted by molar-refractivity contribution is 0.0692. The number of rotatable bonds is 3. The monoisotopic (exact) mass is 345 g/mol. The summed E-state index contributed by atoms with van der Waals surface area (Å²) in [6.07, 6.45) is 3.85. The molecule has 1 aromatic carbocycles. The summed E-state index contributed by atoms with van der Waals surface area (Å²) in [7, 11) is 0. The van der Waals surface area contributed by atoms with E-state index >= 15 is 0 Å². The fourth-order valence-electron chi connectivity index (χ4n) is 2.86. The van der Waals surface area contributed by atoms with Gasteiger partial charge in [0.15, 0.2) is 0 Å². The van der Waals surface area contributed by atoms with E-state index in [2.05, 4.69) is 10.1 Å². The molecule has 7 heteroatoms. The van der Waals surface area contributed by atoms with Gasteiger partial charge in [-0.3, -0.25) is 4.98 Å². The molecular formula is C17H13ClFN3O2. The summed E-state index contributed by atoms with van der Waals surface area (Å²) in [5.41, 5.74) is 2.21. The molecule has 122 valence electrons. The van der Waals surface area contributed by atoms with Crippen LogP contribution in [0.25, 0.3) is 16.6 Å². The van der Waals surface area contributed by atoms with E-state index in [-0.39, 0.29) is 5.56 Å². The molecule has 2 aromatic heterocycles. The zero-order valence-corrected chi connectivity index (χ0v) is 13.5. The molecule has 0 aliphatic heterocycles.